The normalized spacial score (nSPS) is 28.0. The summed E-state index contributed by atoms with van der Waals surface area (Å²) in [5.74, 6) is -0.294. The van der Waals surface area contributed by atoms with Crippen molar-refractivity contribution in [3.8, 4) is 0 Å². The van der Waals surface area contributed by atoms with E-state index >= 15 is 0 Å². The molecule has 0 radical (unpaired) electrons. The molecular formula is C17H25N3O5S. The zero-order chi connectivity index (χ0) is 18.1. The summed E-state index contributed by atoms with van der Waals surface area (Å²) in [7, 11) is -3.72. The van der Waals surface area contributed by atoms with Gasteiger partial charge in [0, 0.05) is 31.7 Å². The molecule has 0 unspecified atom stereocenters. The average Bonchev–Trinajstić information content (AvgIpc) is 3.31. The van der Waals surface area contributed by atoms with Gasteiger partial charge in [-0.05, 0) is 37.9 Å². The fourth-order valence-electron chi connectivity index (χ4n) is 4.15. The molecular weight excluding hydrogens is 358 g/mol. The highest BCUT2D eigenvalue weighted by Gasteiger charge is 2.37. The number of fused-ring (bicyclic) bond motifs is 1. The van der Waals surface area contributed by atoms with Crippen LogP contribution in [0.1, 0.15) is 36.2 Å². The van der Waals surface area contributed by atoms with Gasteiger partial charge in [0.05, 0.1) is 13.2 Å². The van der Waals surface area contributed by atoms with Gasteiger partial charge in [-0.2, -0.15) is 4.31 Å². The lowest BCUT2D eigenvalue weighted by Gasteiger charge is -2.32. The number of piperidine rings is 1. The quantitative estimate of drug-likeness (QED) is 0.821. The number of nitrogens with one attached hydrogen (secondary N) is 1. The van der Waals surface area contributed by atoms with Crippen molar-refractivity contribution in [2.45, 2.75) is 42.9 Å². The fourth-order valence-corrected chi connectivity index (χ4v) is 5.47. The third kappa shape index (κ3) is 3.40. The van der Waals surface area contributed by atoms with Crippen molar-refractivity contribution in [3.05, 3.63) is 17.9 Å². The van der Waals surface area contributed by atoms with Crippen LogP contribution in [-0.2, 0) is 14.8 Å². The minimum absolute atomic E-state index is 0.0473. The molecule has 0 aliphatic carbocycles. The van der Waals surface area contributed by atoms with E-state index in [1.807, 2.05) is 0 Å². The van der Waals surface area contributed by atoms with Crippen molar-refractivity contribution in [2.24, 2.45) is 0 Å². The van der Waals surface area contributed by atoms with Crippen molar-refractivity contribution in [3.63, 3.8) is 0 Å². The maximum Gasteiger partial charge on any atom is 0.287 e. The number of hydrogen-bond acceptors (Lipinski definition) is 6. The zero-order valence-corrected chi connectivity index (χ0v) is 15.5. The molecule has 1 amide bonds. The summed E-state index contributed by atoms with van der Waals surface area (Å²) in [4.78, 5) is 15.0. The van der Waals surface area contributed by atoms with Crippen LogP contribution in [0.5, 0.6) is 0 Å². The van der Waals surface area contributed by atoms with Gasteiger partial charge in [0.15, 0.2) is 5.76 Å². The second-order valence-electron chi connectivity index (χ2n) is 7.10. The van der Waals surface area contributed by atoms with E-state index < -0.39 is 10.0 Å². The number of carbonyl (C=O) groups excluding carboxylic acids is 1. The zero-order valence-electron chi connectivity index (χ0n) is 14.7. The van der Waals surface area contributed by atoms with Crippen LogP contribution < -0.4 is 5.32 Å². The van der Waals surface area contributed by atoms with E-state index in [4.69, 9.17) is 9.15 Å². The van der Waals surface area contributed by atoms with E-state index in [9.17, 15) is 13.2 Å². The third-order valence-electron chi connectivity index (χ3n) is 5.54. The lowest BCUT2D eigenvalue weighted by Crippen LogP contribution is -2.46. The largest absolute Gasteiger partial charge is 0.438 e. The highest BCUT2D eigenvalue weighted by Crippen LogP contribution is 2.27. The number of sulfonamides is 1. The van der Waals surface area contributed by atoms with Gasteiger partial charge in [0.1, 0.15) is 0 Å². The number of ether oxygens (including phenoxy) is 1. The molecule has 0 spiro atoms. The van der Waals surface area contributed by atoms with Gasteiger partial charge in [0.2, 0.25) is 5.09 Å². The van der Waals surface area contributed by atoms with Crippen molar-refractivity contribution in [1.82, 2.24) is 14.5 Å². The van der Waals surface area contributed by atoms with Crippen molar-refractivity contribution >= 4 is 15.9 Å². The Morgan fingerprint density at radius 1 is 1.08 bits per heavy atom. The second-order valence-corrected chi connectivity index (χ2v) is 8.97. The Morgan fingerprint density at radius 2 is 1.88 bits per heavy atom. The molecule has 26 heavy (non-hydrogen) atoms. The molecule has 1 aromatic rings. The molecule has 1 aromatic heterocycles. The van der Waals surface area contributed by atoms with Gasteiger partial charge in [-0.15, -0.1) is 0 Å². The molecule has 0 saturated carbocycles. The first-order valence-electron chi connectivity index (χ1n) is 9.28. The highest BCUT2D eigenvalue weighted by molar-refractivity contribution is 7.89. The predicted molar refractivity (Wildman–Crippen MR) is 93.4 cm³/mol. The minimum atomic E-state index is -3.72. The summed E-state index contributed by atoms with van der Waals surface area (Å²) in [5.41, 5.74) is 0. The van der Waals surface area contributed by atoms with Crippen molar-refractivity contribution in [2.75, 3.05) is 39.4 Å². The standard InChI is InChI=1S/C17H25N3O5S/c21-17(18-13-6-8-19-7-2-1-3-14(13)19)15-4-5-16(25-15)26(22,23)20-9-11-24-12-10-20/h4-5,13-14H,1-3,6-12H2,(H,18,21)/t13-,14+/m1/s1. The van der Waals surface area contributed by atoms with E-state index in [2.05, 4.69) is 10.2 Å². The van der Waals surface area contributed by atoms with E-state index in [-0.39, 0.29) is 22.8 Å². The molecule has 8 nitrogen and oxygen atoms in total. The Kier molecular flexibility index (Phi) is 5.05. The lowest BCUT2D eigenvalue weighted by atomic mass is 9.99. The van der Waals surface area contributed by atoms with Gasteiger partial charge in [0.25, 0.3) is 15.9 Å². The molecule has 144 valence electrons. The molecule has 2 atom stereocenters. The molecule has 0 bridgehead atoms. The SMILES string of the molecule is O=C(N[C@@H]1CCN2CCCC[C@@H]12)c1ccc(S(=O)(=O)N2CCOCC2)o1. The van der Waals surface area contributed by atoms with Crippen molar-refractivity contribution < 1.29 is 22.4 Å². The maximum absolute atomic E-state index is 12.6. The third-order valence-corrected chi connectivity index (χ3v) is 7.31. The first-order valence-corrected chi connectivity index (χ1v) is 10.7. The summed E-state index contributed by atoms with van der Waals surface area (Å²) in [6, 6.07) is 3.30. The summed E-state index contributed by atoms with van der Waals surface area (Å²) in [5, 5.41) is 2.85. The minimum Gasteiger partial charge on any atom is -0.438 e. The number of carbonyl (C=O) groups is 1. The molecule has 3 fully saturated rings. The Bertz CT molecular complexity index is 756. The first kappa shape index (κ1) is 18.0. The Morgan fingerprint density at radius 3 is 2.69 bits per heavy atom. The number of nitrogens with zero attached hydrogens (tertiary/aromatic N) is 2. The topological polar surface area (TPSA) is 92.1 Å². The number of furan rings is 1. The summed E-state index contributed by atoms with van der Waals surface area (Å²) in [6.07, 6.45) is 4.43. The number of amides is 1. The summed E-state index contributed by atoms with van der Waals surface area (Å²) >= 11 is 0. The average molecular weight is 383 g/mol. The van der Waals surface area contributed by atoms with E-state index in [1.165, 1.54) is 29.3 Å². The predicted octanol–water partition coefficient (Wildman–Crippen LogP) is 0.657. The van der Waals surface area contributed by atoms with Crippen LogP contribution in [0.15, 0.2) is 21.6 Å². The molecule has 9 heteroatoms. The molecule has 3 aliphatic heterocycles. The van der Waals surface area contributed by atoms with Gasteiger partial charge in [-0.25, -0.2) is 8.42 Å². The van der Waals surface area contributed by atoms with Crippen LogP contribution in [0.25, 0.3) is 0 Å². The molecule has 1 N–H and O–H groups in total. The molecule has 4 rings (SSSR count). The van der Waals surface area contributed by atoms with E-state index in [1.54, 1.807) is 0 Å². The number of morpholine rings is 1. The van der Waals surface area contributed by atoms with Crippen molar-refractivity contribution in [1.29, 1.82) is 0 Å². The van der Waals surface area contributed by atoms with Crippen LogP contribution in [-0.4, -0.2) is 75.0 Å². The van der Waals surface area contributed by atoms with Gasteiger partial charge < -0.3 is 14.5 Å². The Hall–Kier alpha value is -1.42. The van der Waals surface area contributed by atoms with Gasteiger partial charge in [-0.1, -0.05) is 6.42 Å². The number of rotatable bonds is 4. The highest BCUT2D eigenvalue weighted by atomic mass is 32.2. The smallest absolute Gasteiger partial charge is 0.287 e. The maximum atomic E-state index is 12.6. The van der Waals surface area contributed by atoms with E-state index in [0.29, 0.717) is 32.3 Å². The van der Waals surface area contributed by atoms with Crippen LogP contribution in [0.4, 0.5) is 0 Å². The van der Waals surface area contributed by atoms with Gasteiger partial charge in [-0.3, -0.25) is 9.69 Å². The molecule has 3 aliphatic rings. The molecule has 0 aromatic carbocycles. The summed E-state index contributed by atoms with van der Waals surface area (Å²) in [6.45, 7) is 3.43. The number of hydrogen-bond donors (Lipinski definition) is 1. The van der Waals surface area contributed by atoms with Crippen LogP contribution >= 0.6 is 0 Å². The molecule has 4 heterocycles. The Balaban J connectivity index is 1.43. The van der Waals surface area contributed by atoms with Crippen LogP contribution in [0.3, 0.4) is 0 Å². The van der Waals surface area contributed by atoms with Crippen LogP contribution in [0, 0.1) is 0 Å². The fraction of sp³-hybridized carbons (Fsp3) is 0.706. The Labute approximate surface area is 153 Å². The monoisotopic (exact) mass is 383 g/mol. The lowest BCUT2D eigenvalue weighted by molar-refractivity contribution is 0.0722. The van der Waals surface area contributed by atoms with Crippen LogP contribution in [0.2, 0.25) is 0 Å². The molecule has 3 saturated heterocycles. The van der Waals surface area contributed by atoms with Gasteiger partial charge >= 0.3 is 0 Å². The first-order chi connectivity index (χ1) is 12.6. The van der Waals surface area contributed by atoms with E-state index in [0.717, 1.165) is 25.9 Å². The second kappa shape index (κ2) is 7.30. The summed E-state index contributed by atoms with van der Waals surface area (Å²) < 4.78 is 37.1.